The number of nitrogens with zero attached hydrogens (tertiary/aromatic N) is 1. The maximum Gasteiger partial charge on any atom is 0.217 e. The number of aliphatic hydroxyl groups is 1. The predicted molar refractivity (Wildman–Crippen MR) is 59.5 cm³/mol. The molecule has 0 aliphatic carbocycles. The van der Waals surface area contributed by atoms with Crippen LogP contribution in [0.15, 0.2) is 0 Å². The van der Waals surface area contributed by atoms with E-state index in [1.54, 1.807) is 4.31 Å². The van der Waals surface area contributed by atoms with E-state index in [1.165, 1.54) is 0 Å². The topological polar surface area (TPSA) is 66.8 Å². The Kier molecular flexibility index (Phi) is 3.84. The van der Waals surface area contributed by atoms with E-state index in [1.807, 2.05) is 0 Å². The maximum atomic E-state index is 12.2. The SMILES string of the molecule is O=S(=O)(C1CCOCC1)N1CCC(CO)C1. The molecule has 2 aliphatic rings. The zero-order valence-electron chi connectivity index (χ0n) is 9.34. The van der Waals surface area contributed by atoms with Crippen molar-refractivity contribution in [1.82, 2.24) is 4.31 Å². The molecule has 1 unspecified atom stereocenters. The molecule has 2 fully saturated rings. The highest BCUT2D eigenvalue weighted by Crippen LogP contribution is 2.25. The van der Waals surface area contributed by atoms with Crippen molar-refractivity contribution in [2.75, 3.05) is 32.9 Å². The third-order valence-corrected chi connectivity index (χ3v) is 5.82. The van der Waals surface area contributed by atoms with Crippen molar-refractivity contribution in [1.29, 1.82) is 0 Å². The van der Waals surface area contributed by atoms with Gasteiger partial charge in [-0.2, -0.15) is 0 Å². The first-order valence-corrected chi connectivity index (χ1v) is 7.32. The summed E-state index contributed by atoms with van der Waals surface area (Å²) in [4.78, 5) is 0. The zero-order valence-corrected chi connectivity index (χ0v) is 10.2. The summed E-state index contributed by atoms with van der Waals surface area (Å²) in [6.45, 7) is 2.21. The van der Waals surface area contributed by atoms with Gasteiger partial charge in [0, 0.05) is 32.9 Å². The Hall–Kier alpha value is -0.170. The van der Waals surface area contributed by atoms with Gasteiger partial charge in [-0.1, -0.05) is 0 Å². The molecule has 6 heteroatoms. The lowest BCUT2D eigenvalue weighted by Gasteiger charge is -2.27. The van der Waals surface area contributed by atoms with Crippen LogP contribution in [0.4, 0.5) is 0 Å². The summed E-state index contributed by atoms with van der Waals surface area (Å²) in [6.07, 6.45) is 1.98. The average Bonchev–Trinajstić information content (AvgIpc) is 2.79. The van der Waals surface area contributed by atoms with Crippen LogP contribution in [-0.2, 0) is 14.8 Å². The first-order chi connectivity index (χ1) is 7.64. The van der Waals surface area contributed by atoms with Gasteiger partial charge in [-0.15, -0.1) is 0 Å². The average molecular weight is 249 g/mol. The molecular formula is C10H19NO4S. The molecule has 0 amide bonds. The van der Waals surface area contributed by atoms with E-state index in [0.717, 1.165) is 6.42 Å². The van der Waals surface area contributed by atoms with Crippen molar-refractivity contribution in [3.8, 4) is 0 Å². The fourth-order valence-corrected chi connectivity index (χ4v) is 4.35. The summed E-state index contributed by atoms with van der Waals surface area (Å²) < 4.78 is 31.2. The van der Waals surface area contributed by atoms with E-state index in [4.69, 9.17) is 9.84 Å². The van der Waals surface area contributed by atoms with Crippen LogP contribution >= 0.6 is 0 Å². The van der Waals surface area contributed by atoms with Gasteiger partial charge in [-0.25, -0.2) is 12.7 Å². The molecule has 0 spiro atoms. The molecule has 2 aliphatic heterocycles. The van der Waals surface area contributed by atoms with Gasteiger partial charge >= 0.3 is 0 Å². The Labute approximate surface area is 96.4 Å². The van der Waals surface area contributed by atoms with Crippen molar-refractivity contribution in [2.24, 2.45) is 5.92 Å². The van der Waals surface area contributed by atoms with Gasteiger partial charge in [0.25, 0.3) is 0 Å². The second-order valence-corrected chi connectivity index (χ2v) is 6.76. The molecule has 2 saturated heterocycles. The molecule has 0 aromatic rings. The van der Waals surface area contributed by atoms with Gasteiger partial charge in [0.1, 0.15) is 0 Å². The molecule has 94 valence electrons. The molecule has 0 radical (unpaired) electrons. The minimum atomic E-state index is -3.16. The number of sulfonamides is 1. The largest absolute Gasteiger partial charge is 0.396 e. The maximum absolute atomic E-state index is 12.2. The molecule has 5 nitrogen and oxygen atoms in total. The molecule has 2 rings (SSSR count). The lowest BCUT2D eigenvalue weighted by atomic mass is 10.1. The lowest BCUT2D eigenvalue weighted by molar-refractivity contribution is 0.0973. The van der Waals surface area contributed by atoms with Crippen LogP contribution in [0.3, 0.4) is 0 Å². The monoisotopic (exact) mass is 249 g/mol. The van der Waals surface area contributed by atoms with Crippen LogP contribution in [0.1, 0.15) is 19.3 Å². The van der Waals surface area contributed by atoms with Crippen LogP contribution < -0.4 is 0 Å². The van der Waals surface area contributed by atoms with Crippen LogP contribution in [-0.4, -0.2) is 56.0 Å². The van der Waals surface area contributed by atoms with Gasteiger partial charge in [0.15, 0.2) is 0 Å². The van der Waals surface area contributed by atoms with E-state index in [2.05, 4.69) is 0 Å². The molecule has 0 aromatic heterocycles. The Morgan fingerprint density at radius 1 is 1.25 bits per heavy atom. The highest BCUT2D eigenvalue weighted by molar-refractivity contribution is 7.89. The minimum absolute atomic E-state index is 0.0831. The Balaban J connectivity index is 2.01. The summed E-state index contributed by atoms with van der Waals surface area (Å²) in [5, 5.41) is 8.74. The minimum Gasteiger partial charge on any atom is -0.396 e. The normalized spacial score (nSPS) is 29.7. The van der Waals surface area contributed by atoms with Crippen molar-refractivity contribution >= 4 is 10.0 Å². The van der Waals surface area contributed by atoms with E-state index < -0.39 is 10.0 Å². The third-order valence-electron chi connectivity index (χ3n) is 3.46. The quantitative estimate of drug-likeness (QED) is 0.753. The summed E-state index contributed by atoms with van der Waals surface area (Å²) >= 11 is 0. The van der Waals surface area contributed by atoms with E-state index in [0.29, 0.717) is 39.1 Å². The Morgan fingerprint density at radius 3 is 2.50 bits per heavy atom. The highest BCUT2D eigenvalue weighted by atomic mass is 32.2. The molecule has 2 heterocycles. The second kappa shape index (κ2) is 5.00. The summed E-state index contributed by atoms with van der Waals surface area (Å²) in [5.74, 6) is 0.120. The Morgan fingerprint density at radius 2 is 1.94 bits per heavy atom. The molecule has 0 saturated carbocycles. The van der Waals surface area contributed by atoms with Crippen molar-refractivity contribution in [3.63, 3.8) is 0 Å². The first kappa shape index (κ1) is 12.3. The van der Waals surface area contributed by atoms with E-state index in [-0.39, 0.29) is 17.8 Å². The number of hydrogen-bond donors (Lipinski definition) is 1. The number of aliphatic hydroxyl groups excluding tert-OH is 1. The van der Waals surface area contributed by atoms with Crippen LogP contribution in [0.2, 0.25) is 0 Å². The summed E-state index contributed by atoms with van der Waals surface area (Å²) in [6, 6.07) is 0. The highest BCUT2D eigenvalue weighted by Gasteiger charge is 2.37. The molecule has 16 heavy (non-hydrogen) atoms. The van der Waals surface area contributed by atoms with E-state index in [9.17, 15) is 8.42 Å². The smallest absolute Gasteiger partial charge is 0.217 e. The summed E-state index contributed by atoms with van der Waals surface area (Å²) in [5.41, 5.74) is 0. The predicted octanol–water partition coefficient (Wildman–Crippen LogP) is -0.191. The fourth-order valence-electron chi connectivity index (χ4n) is 2.36. The van der Waals surface area contributed by atoms with E-state index >= 15 is 0 Å². The summed E-state index contributed by atoms with van der Waals surface area (Å²) in [7, 11) is -3.16. The van der Waals surface area contributed by atoms with Crippen LogP contribution in [0.5, 0.6) is 0 Å². The molecular weight excluding hydrogens is 230 g/mol. The molecule has 1 N–H and O–H groups in total. The van der Waals surface area contributed by atoms with Gasteiger partial charge in [-0.3, -0.25) is 0 Å². The van der Waals surface area contributed by atoms with Gasteiger partial charge in [0.05, 0.1) is 5.25 Å². The van der Waals surface area contributed by atoms with Crippen molar-refractivity contribution in [3.05, 3.63) is 0 Å². The lowest BCUT2D eigenvalue weighted by Crippen LogP contribution is -2.40. The first-order valence-electron chi connectivity index (χ1n) is 5.82. The number of ether oxygens (including phenoxy) is 1. The molecule has 1 atom stereocenters. The molecule has 0 aromatic carbocycles. The van der Waals surface area contributed by atoms with Gasteiger partial charge < -0.3 is 9.84 Å². The molecule has 0 bridgehead atoms. The van der Waals surface area contributed by atoms with Gasteiger partial charge in [-0.05, 0) is 25.2 Å². The van der Waals surface area contributed by atoms with Crippen molar-refractivity contribution in [2.45, 2.75) is 24.5 Å². The number of rotatable bonds is 3. The van der Waals surface area contributed by atoms with Crippen LogP contribution in [0.25, 0.3) is 0 Å². The second-order valence-electron chi connectivity index (χ2n) is 4.55. The van der Waals surface area contributed by atoms with Crippen LogP contribution in [0, 0.1) is 5.92 Å². The van der Waals surface area contributed by atoms with Gasteiger partial charge in [0.2, 0.25) is 10.0 Å². The van der Waals surface area contributed by atoms with Crippen molar-refractivity contribution < 1.29 is 18.3 Å². The third kappa shape index (κ3) is 2.40. The fraction of sp³-hybridized carbons (Fsp3) is 1.00. The number of hydrogen-bond acceptors (Lipinski definition) is 4. The Bertz CT molecular complexity index is 324. The zero-order chi connectivity index (χ0) is 11.6. The standard InChI is InChI=1S/C10H19NO4S/c12-8-9-1-4-11(7-9)16(13,14)10-2-5-15-6-3-10/h9-10,12H,1-8H2.